The zero-order valence-corrected chi connectivity index (χ0v) is 11.1. The van der Waals surface area contributed by atoms with Crippen molar-refractivity contribution in [3.05, 3.63) is 44.4 Å². The van der Waals surface area contributed by atoms with Crippen molar-refractivity contribution in [1.29, 1.82) is 0 Å². The SMILES string of the molecule is COc1ccc(=O)n(Cc2ccc(C#CCO)s2)n1. The zero-order valence-electron chi connectivity index (χ0n) is 10.3. The molecule has 2 heterocycles. The summed E-state index contributed by atoms with van der Waals surface area (Å²) in [6.07, 6.45) is 0. The lowest BCUT2D eigenvalue weighted by Gasteiger charge is -2.04. The third-order valence-corrected chi connectivity index (χ3v) is 3.29. The molecule has 2 rings (SSSR count). The molecular formula is C13H12N2O3S. The summed E-state index contributed by atoms with van der Waals surface area (Å²) in [5.41, 5.74) is -0.183. The first kappa shape index (κ1) is 13.3. The minimum Gasteiger partial charge on any atom is -0.480 e. The molecule has 0 aromatic carbocycles. The van der Waals surface area contributed by atoms with Gasteiger partial charge in [-0.25, -0.2) is 4.68 Å². The van der Waals surface area contributed by atoms with E-state index in [-0.39, 0.29) is 12.2 Å². The van der Waals surface area contributed by atoms with Crippen molar-refractivity contribution in [3.8, 4) is 17.7 Å². The van der Waals surface area contributed by atoms with E-state index in [4.69, 9.17) is 9.84 Å². The van der Waals surface area contributed by atoms with Crippen molar-refractivity contribution in [1.82, 2.24) is 9.78 Å². The molecule has 0 spiro atoms. The van der Waals surface area contributed by atoms with Gasteiger partial charge in [-0.2, -0.15) is 0 Å². The summed E-state index contributed by atoms with van der Waals surface area (Å²) in [6.45, 7) is 0.214. The van der Waals surface area contributed by atoms with Gasteiger partial charge in [0.05, 0.1) is 18.5 Å². The number of methoxy groups -OCH3 is 1. The minimum atomic E-state index is -0.183. The Morgan fingerprint density at radius 2 is 2.26 bits per heavy atom. The average molecular weight is 276 g/mol. The molecule has 2 aromatic rings. The normalized spacial score (nSPS) is 9.79. The van der Waals surface area contributed by atoms with Crippen molar-refractivity contribution in [2.75, 3.05) is 13.7 Å². The van der Waals surface area contributed by atoms with Crippen LogP contribution in [0.3, 0.4) is 0 Å². The van der Waals surface area contributed by atoms with Crippen LogP contribution in [0.15, 0.2) is 29.1 Å². The second kappa shape index (κ2) is 6.18. The summed E-state index contributed by atoms with van der Waals surface area (Å²) in [4.78, 5) is 13.5. The lowest BCUT2D eigenvalue weighted by atomic mass is 10.4. The molecule has 0 radical (unpaired) electrons. The van der Waals surface area contributed by atoms with Gasteiger partial charge in [0.1, 0.15) is 6.61 Å². The van der Waals surface area contributed by atoms with E-state index in [1.165, 1.54) is 35.3 Å². The highest BCUT2D eigenvalue weighted by molar-refractivity contribution is 7.12. The van der Waals surface area contributed by atoms with Gasteiger partial charge in [-0.1, -0.05) is 11.8 Å². The Balaban J connectivity index is 2.21. The molecule has 5 nitrogen and oxygen atoms in total. The van der Waals surface area contributed by atoms with Crippen molar-refractivity contribution in [2.45, 2.75) is 6.54 Å². The summed E-state index contributed by atoms with van der Waals surface area (Å²) in [6, 6.07) is 6.70. The van der Waals surface area contributed by atoms with Gasteiger partial charge in [-0.15, -0.1) is 16.4 Å². The lowest BCUT2D eigenvalue weighted by Crippen LogP contribution is -2.22. The van der Waals surface area contributed by atoms with E-state index < -0.39 is 0 Å². The fraction of sp³-hybridized carbons (Fsp3) is 0.231. The number of hydrogen-bond acceptors (Lipinski definition) is 5. The van der Waals surface area contributed by atoms with Crippen LogP contribution in [-0.2, 0) is 6.54 Å². The quantitative estimate of drug-likeness (QED) is 0.838. The first-order valence-corrected chi connectivity index (χ1v) is 6.35. The molecule has 0 aliphatic rings. The molecule has 98 valence electrons. The fourth-order valence-electron chi connectivity index (χ4n) is 1.46. The maximum atomic E-state index is 11.7. The monoisotopic (exact) mass is 276 g/mol. The molecule has 2 aromatic heterocycles. The Morgan fingerprint density at radius 3 is 3.00 bits per heavy atom. The minimum absolute atomic E-state index is 0.163. The Labute approximate surface area is 114 Å². The van der Waals surface area contributed by atoms with E-state index in [1.54, 1.807) is 0 Å². The highest BCUT2D eigenvalue weighted by atomic mass is 32.1. The van der Waals surface area contributed by atoms with E-state index in [9.17, 15) is 4.79 Å². The van der Waals surface area contributed by atoms with Crippen LogP contribution in [0.25, 0.3) is 0 Å². The second-order valence-electron chi connectivity index (χ2n) is 3.60. The van der Waals surface area contributed by atoms with Crippen molar-refractivity contribution in [3.63, 3.8) is 0 Å². The maximum absolute atomic E-state index is 11.7. The van der Waals surface area contributed by atoms with Crippen LogP contribution in [0.2, 0.25) is 0 Å². The van der Waals surface area contributed by atoms with Gasteiger partial charge < -0.3 is 9.84 Å². The predicted molar refractivity (Wildman–Crippen MR) is 72.4 cm³/mol. The molecule has 0 bridgehead atoms. The van der Waals surface area contributed by atoms with Gasteiger partial charge in [0.2, 0.25) is 5.88 Å². The summed E-state index contributed by atoms with van der Waals surface area (Å²) in [5.74, 6) is 5.81. The number of rotatable bonds is 3. The number of aliphatic hydroxyl groups excluding tert-OH is 1. The molecule has 0 saturated heterocycles. The highest BCUT2D eigenvalue weighted by Gasteiger charge is 2.04. The summed E-state index contributed by atoms with van der Waals surface area (Å²) >= 11 is 1.46. The van der Waals surface area contributed by atoms with Crippen LogP contribution in [0.4, 0.5) is 0 Å². The molecule has 0 saturated carbocycles. The predicted octanol–water partition coefficient (Wildman–Crippen LogP) is 0.706. The standard InChI is InChI=1S/C13H12N2O3S/c1-18-12-6-7-13(17)15(14-12)9-11-5-4-10(19-11)3-2-8-16/h4-7,16H,8-9H2,1H3. The molecule has 0 amide bonds. The Kier molecular flexibility index (Phi) is 4.34. The Hall–Kier alpha value is -2.10. The first-order chi connectivity index (χ1) is 9.22. The summed E-state index contributed by atoms with van der Waals surface area (Å²) in [7, 11) is 1.50. The Morgan fingerprint density at radius 1 is 1.42 bits per heavy atom. The van der Waals surface area contributed by atoms with Crippen LogP contribution in [0.1, 0.15) is 9.75 Å². The molecule has 6 heteroatoms. The van der Waals surface area contributed by atoms with Crippen LogP contribution in [0, 0.1) is 11.8 Å². The van der Waals surface area contributed by atoms with E-state index in [1.807, 2.05) is 12.1 Å². The third kappa shape index (κ3) is 3.44. The maximum Gasteiger partial charge on any atom is 0.267 e. The van der Waals surface area contributed by atoms with Crippen LogP contribution in [-0.4, -0.2) is 28.6 Å². The van der Waals surface area contributed by atoms with E-state index in [2.05, 4.69) is 16.9 Å². The summed E-state index contributed by atoms with van der Waals surface area (Å²) < 4.78 is 6.33. The number of nitrogens with zero attached hydrogens (tertiary/aromatic N) is 2. The molecule has 19 heavy (non-hydrogen) atoms. The van der Waals surface area contributed by atoms with Crippen molar-refractivity contribution in [2.24, 2.45) is 0 Å². The Bertz CT molecular complexity index is 679. The smallest absolute Gasteiger partial charge is 0.267 e. The van der Waals surface area contributed by atoms with Gasteiger partial charge in [0.15, 0.2) is 0 Å². The number of thiophene rings is 1. The van der Waals surface area contributed by atoms with Gasteiger partial charge in [0, 0.05) is 17.0 Å². The van der Waals surface area contributed by atoms with Gasteiger partial charge in [-0.05, 0) is 12.1 Å². The lowest BCUT2D eigenvalue weighted by molar-refractivity contribution is 0.350. The van der Waals surface area contributed by atoms with E-state index >= 15 is 0 Å². The number of hydrogen-bond donors (Lipinski definition) is 1. The molecule has 0 atom stereocenters. The molecule has 0 aliphatic carbocycles. The molecule has 1 N–H and O–H groups in total. The van der Waals surface area contributed by atoms with E-state index in [0.717, 1.165) is 9.75 Å². The van der Waals surface area contributed by atoms with Crippen LogP contribution in [0.5, 0.6) is 5.88 Å². The van der Waals surface area contributed by atoms with Gasteiger partial charge in [-0.3, -0.25) is 4.79 Å². The van der Waals surface area contributed by atoms with Crippen LogP contribution >= 0.6 is 11.3 Å². The van der Waals surface area contributed by atoms with Gasteiger partial charge >= 0.3 is 0 Å². The molecule has 0 aliphatic heterocycles. The fourth-order valence-corrected chi connectivity index (χ4v) is 2.32. The molecule has 0 unspecified atom stereocenters. The highest BCUT2D eigenvalue weighted by Crippen LogP contribution is 2.16. The van der Waals surface area contributed by atoms with Crippen molar-refractivity contribution >= 4 is 11.3 Å². The first-order valence-electron chi connectivity index (χ1n) is 5.53. The second-order valence-corrected chi connectivity index (χ2v) is 4.77. The van der Waals surface area contributed by atoms with Gasteiger partial charge in [0.25, 0.3) is 5.56 Å². The zero-order chi connectivity index (χ0) is 13.7. The van der Waals surface area contributed by atoms with E-state index in [0.29, 0.717) is 12.4 Å². The number of ether oxygens (including phenoxy) is 1. The average Bonchev–Trinajstić information content (AvgIpc) is 2.86. The number of aliphatic hydroxyl groups is 1. The third-order valence-electron chi connectivity index (χ3n) is 2.31. The molecule has 0 fully saturated rings. The largest absolute Gasteiger partial charge is 0.480 e. The van der Waals surface area contributed by atoms with Crippen LogP contribution < -0.4 is 10.3 Å². The summed E-state index contributed by atoms with van der Waals surface area (Å²) in [5, 5.41) is 12.7. The number of aromatic nitrogens is 2. The van der Waals surface area contributed by atoms with Crippen molar-refractivity contribution < 1.29 is 9.84 Å². The topological polar surface area (TPSA) is 64.3 Å². The molecular weight excluding hydrogens is 264 g/mol.